The van der Waals surface area contributed by atoms with Gasteiger partial charge in [0.25, 0.3) is 10.2 Å². The number of benzene rings is 2. The van der Waals surface area contributed by atoms with Gasteiger partial charge in [-0.25, -0.2) is 4.39 Å². The molecule has 3 rings (SSSR count). The predicted molar refractivity (Wildman–Crippen MR) is 110 cm³/mol. The monoisotopic (exact) mass is 420 g/mol. The van der Waals surface area contributed by atoms with Crippen LogP contribution in [0.2, 0.25) is 0 Å². The van der Waals surface area contributed by atoms with Crippen LogP contribution < -0.4 is 5.32 Å². The van der Waals surface area contributed by atoms with Crippen molar-refractivity contribution >= 4 is 21.8 Å². The largest absolute Gasteiger partial charge is 0.324 e. The van der Waals surface area contributed by atoms with Crippen LogP contribution in [0.4, 0.5) is 10.1 Å². The molecular weight excluding hydrogens is 395 g/mol. The predicted octanol–water partition coefficient (Wildman–Crippen LogP) is 1.93. The summed E-state index contributed by atoms with van der Waals surface area (Å²) in [4.78, 5) is 15.1. The van der Waals surface area contributed by atoms with Crippen molar-refractivity contribution in [2.75, 3.05) is 45.6 Å². The van der Waals surface area contributed by atoms with E-state index in [1.165, 1.54) is 47.0 Å². The summed E-state index contributed by atoms with van der Waals surface area (Å²) in [6.45, 7) is 1.44. The SMILES string of the molecule is CN(C)S(=O)(=O)N1CCN(C(C(=O)Nc2ccc(F)cc2)c2ccccc2)CC1. The maximum absolute atomic E-state index is 13.2. The molecule has 0 aromatic heterocycles. The van der Waals surface area contributed by atoms with Crippen LogP contribution in [0, 0.1) is 5.82 Å². The van der Waals surface area contributed by atoms with Gasteiger partial charge in [0, 0.05) is 46.0 Å². The lowest BCUT2D eigenvalue weighted by molar-refractivity contribution is -0.122. The van der Waals surface area contributed by atoms with E-state index in [-0.39, 0.29) is 11.7 Å². The summed E-state index contributed by atoms with van der Waals surface area (Å²) in [5, 5.41) is 2.84. The molecule has 0 bridgehead atoms. The molecule has 1 heterocycles. The Kier molecular flexibility index (Phi) is 6.63. The number of nitrogens with one attached hydrogen (secondary N) is 1. The van der Waals surface area contributed by atoms with Gasteiger partial charge < -0.3 is 5.32 Å². The molecule has 156 valence electrons. The zero-order valence-corrected chi connectivity index (χ0v) is 17.3. The van der Waals surface area contributed by atoms with Crippen molar-refractivity contribution in [3.8, 4) is 0 Å². The first-order valence-electron chi connectivity index (χ1n) is 9.32. The average molecular weight is 421 g/mol. The highest BCUT2D eigenvalue weighted by Crippen LogP contribution is 2.25. The molecule has 0 aliphatic carbocycles. The third-order valence-corrected chi connectivity index (χ3v) is 6.84. The summed E-state index contributed by atoms with van der Waals surface area (Å²) < 4.78 is 40.5. The molecule has 1 aliphatic heterocycles. The second-order valence-corrected chi connectivity index (χ2v) is 9.18. The fourth-order valence-corrected chi connectivity index (χ4v) is 4.42. The molecule has 1 fully saturated rings. The van der Waals surface area contributed by atoms with Crippen molar-refractivity contribution in [1.29, 1.82) is 0 Å². The Morgan fingerprint density at radius 3 is 2.14 bits per heavy atom. The first-order chi connectivity index (χ1) is 13.8. The second-order valence-electron chi connectivity index (χ2n) is 7.03. The van der Waals surface area contributed by atoms with Crippen LogP contribution in [0.5, 0.6) is 0 Å². The van der Waals surface area contributed by atoms with Crippen LogP contribution in [0.25, 0.3) is 0 Å². The van der Waals surface area contributed by atoms with E-state index >= 15 is 0 Å². The van der Waals surface area contributed by atoms with E-state index in [4.69, 9.17) is 0 Å². The second kappa shape index (κ2) is 9.00. The molecule has 1 saturated heterocycles. The molecule has 0 saturated carbocycles. The van der Waals surface area contributed by atoms with Crippen molar-refractivity contribution in [1.82, 2.24) is 13.5 Å². The lowest BCUT2D eigenvalue weighted by Crippen LogP contribution is -2.53. The molecule has 0 spiro atoms. The number of anilines is 1. The average Bonchev–Trinajstić information content (AvgIpc) is 2.71. The van der Waals surface area contributed by atoms with Gasteiger partial charge in [0.15, 0.2) is 0 Å². The lowest BCUT2D eigenvalue weighted by atomic mass is 10.0. The minimum absolute atomic E-state index is 0.244. The first-order valence-corrected chi connectivity index (χ1v) is 10.7. The molecule has 9 heteroatoms. The van der Waals surface area contributed by atoms with Crippen molar-refractivity contribution < 1.29 is 17.6 Å². The number of halogens is 1. The molecule has 2 aromatic rings. The van der Waals surface area contributed by atoms with Crippen molar-refractivity contribution in [3.05, 3.63) is 66.0 Å². The van der Waals surface area contributed by atoms with Gasteiger partial charge in [0.2, 0.25) is 5.91 Å². The van der Waals surface area contributed by atoms with E-state index in [0.29, 0.717) is 31.9 Å². The summed E-state index contributed by atoms with van der Waals surface area (Å²) in [6, 6.07) is 14.4. The number of carbonyl (C=O) groups is 1. The van der Waals surface area contributed by atoms with Crippen LogP contribution in [0.1, 0.15) is 11.6 Å². The molecular formula is C20H25FN4O3S. The van der Waals surface area contributed by atoms with Gasteiger partial charge in [0.1, 0.15) is 11.9 Å². The Morgan fingerprint density at radius 1 is 1.00 bits per heavy atom. The summed E-state index contributed by atoms with van der Waals surface area (Å²) in [7, 11) is -0.473. The van der Waals surface area contributed by atoms with Gasteiger partial charge in [-0.15, -0.1) is 0 Å². The van der Waals surface area contributed by atoms with Crippen LogP contribution in [-0.2, 0) is 15.0 Å². The smallest absolute Gasteiger partial charge is 0.281 e. The van der Waals surface area contributed by atoms with E-state index in [1.807, 2.05) is 35.2 Å². The zero-order valence-electron chi connectivity index (χ0n) is 16.5. The highest BCUT2D eigenvalue weighted by molar-refractivity contribution is 7.86. The van der Waals surface area contributed by atoms with Gasteiger partial charge in [-0.3, -0.25) is 9.69 Å². The summed E-state index contributed by atoms with van der Waals surface area (Å²) in [5.41, 5.74) is 1.32. The molecule has 1 unspecified atom stereocenters. The summed E-state index contributed by atoms with van der Waals surface area (Å²) >= 11 is 0. The number of hydrogen-bond donors (Lipinski definition) is 1. The van der Waals surface area contributed by atoms with Gasteiger partial charge in [-0.1, -0.05) is 30.3 Å². The highest BCUT2D eigenvalue weighted by Gasteiger charge is 2.34. The molecule has 0 radical (unpaired) electrons. The Bertz CT molecular complexity index is 928. The number of carbonyl (C=O) groups excluding carboxylic acids is 1. The van der Waals surface area contributed by atoms with Crippen molar-refractivity contribution in [3.63, 3.8) is 0 Å². The number of hydrogen-bond acceptors (Lipinski definition) is 4. The van der Waals surface area contributed by atoms with E-state index in [9.17, 15) is 17.6 Å². The molecule has 7 nitrogen and oxygen atoms in total. The van der Waals surface area contributed by atoms with E-state index in [2.05, 4.69) is 5.32 Å². The Morgan fingerprint density at radius 2 is 1.59 bits per heavy atom. The van der Waals surface area contributed by atoms with E-state index in [1.54, 1.807) is 0 Å². The van der Waals surface area contributed by atoms with Gasteiger partial charge >= 0.3 is 0 Å². The minimum atomic E-state index is -3.48. The molecule has 1 amide bonds. The lowest BCUT2D eigenvalue weighted by Gasteiger charge is -2.38. The van der Waals surface area contributed by atoms with Gasteiger partial charge in [0.05, 0.1) is 0 Å². The molecule has 1 aliphatic rings. The zero-order chi connectivity index (χ0) is 21.0. The standard InChI is InChI=1S/C20H25FN4O3S/c1-23(2)29(27,28)25-14-12-24(13-15-25)19(16-6-4-3-5-7-16)20(26)22-18-10-8-17(21)9-11-18/h3-11,19H,12-15H2,1-2H3,(H,22,26). The molecule has 1 N–H and O–H groups in total. The van der Waals surface area contributed by atoms with Crippen molar-refractivity contribution in [2.24, 2.45) is 0 Å². The van der Waals surface area contributed by atoms with Crippen LogP contribution in [0.15, 0.2) is 54.6 Å². The minimum Gasteiger partial charge on any atom is -0.324 e. The number of amides is 1. The van der Waals surface area contributed by atoms with Crippen molar-refractivity contribution in [2.45, 2.75) is 6.04 Å². The number of rotatable bonds is 6. The topological polar surface area (TPSA) is 73.0 Å². The van der Waals surface area contributed by atoms with E-state index in [0.717, 1.165) is 5.56 Å². The molecule has 29 heavy (non-hydrogen) atoms. The number of nitrogens with zero attached hydrogens (tertiary/aromatic N) is 3. The normalized spacial score (nSPS) is 17.2. The van der Waals surface area contributed by atoms with Gasteiger partial charge in [-0.2, -0.15) is 17.0 Å². The Hall–Kier alpha value is -2.33. The van der Waals surface area contributed by atoms with Crippen LogP contribution in [0.3, 0.4) is 0 Å². The van der Waals surface area contributed by atoms with Gasteiger partial charge in [-0.05, 0) is 29.8 Å². The Balaban J connectivity index is 1.78. The fourth-order valence-electron chi connectivity index (χ4n) is 3.33. The quantitative estimate of drug-likeness (QED) is 0.775. The fraction of sp³-hybridized carbons (Fsp3) is 0.350. The third-order valence-electron chi connectivity index (χ3n) is 4.90. The maximum Gasteiger partial charge on any atom is 0.281 e. The van der Waals surface area contributed by atoms with Crippen LogP contribution in [-0.4, -0.2) is 68.1 Å². The highest BCUT2D eigenvalue weighted by atomic mass is 32.2. The molecule has 1 atom stereocenters. The summed E-state index contributed by atoms with van der Waals surface area (Å²) in [6.07, 6.45) is 0. The Labute approximate surface area is 170 Å². The molecule has 2 aromatic carbocycles. The van der Waals surface area contributed by atoms with Crippen LogP contribution >= 0.6 is 0 Å². The number of piperazine rings is 1. The summed E-state index contributed by atoms with van der Waals surface area (Å²) in [5.74, 6) is -0.618. The first kappa shape index (κ1) is 21.4. The third kappa shape index (κ3) is 4.99. The maximum atomic E-state index is 13.2. The van der Waals surface area contributed by atoms with E-state index < -0.39 is 16.3 Å².